The van der Waals surface area contributed by atoms with Crippen LogP contribution in [0.2, 0.25) is 0 Å². The van der Waals surface area contributed by atoms with E-state index in [0.717, 1.165) is 32.5 Å². The standard InChI is InChI=1S/C22H21N3O6/c23-9-14-1-2-17(7-20(14)26)30-22(15-5-13-6-16(22)12-24(10-13)11-15)31-18-3-4-19(25(28)29)21(27)8-18/h1-4,7-8,13,15-16,26-27H,5-6,10-12H2. The summed E-state index contributed by atoms with van der Waals surface area (Å²) < 4.78 is 12.9. The first-order chi connectivity index (χ1) is 14.9. The lowest BCUT2D eigenvalue weighted by Gasteiger charge is -2.60. The Bertz CT molecular complexity index is 1070. The number of phenolic OH excluding ortho intramolecular Hbond substituents is 2. The predicted octanol–water partition coefficient (Wildman–Crippen LogP) is 3.00. The van der Waals surface area contributed by atoms with Crippen LogP contribution in [0.25, 0.3) is 0 Å². The zero-order valence-electron chi connectivity index (χ0n) is 16.6. The highest BCUT2D eigenvalue weighted by molar-refractivity contribution is 5.50. The molecule has 1 saturated carbocycles. The minimum atomic E-state index is -1.05. The average Bonchev–Trinajstić information content (AvgIpc) is 2.71. The third-order valence-corrected chi connectivity index (χ3v) is 6.64. The largest absolute Gasteiger partial charge is 0.506 e. The number of nitro groups is 1. The Morgan fingerprint density at radius 1 is 1.03 bits per heavy atom. The van der Waals surface area contributed by atoms with E-state index in [1.807, 2.05) is 6.07 Å². The smallest absolute Gasteiger partial charge is 0.310 e. The van der Waals surface area contributed by atoms with Crippen molar-refractivity contribution in [1.82, 2.24) is 4.90 Å². The van der Waals surface area contributed by atoms with Crippen LogP contribution < -0.4 is 9.47 Å². The number of benzene rings is 2. The second-order valence-corrected chi connectivity index (χ2v) is 8.57. The number of piperidine rings is 3. The lowest BCUT2D eigenvalue weighted by molar-refractivity contribution is -0.385. The highest BCUT2D eigenvalue weighted by atomic mass is 16.7. The summed E-state index contributed by atoms with van der Waals surface area (Å²) in [4.78, 5) is 12.8. The molecule has 9 nitrogen and oxygen atoms in total. The van der Waals surface area contributed by atoms with Crippen LogP contribution in [0.3, 0.4) is 0 Å². The maximum Gasteiger partial charge on any atom is 0.310 e. The van der Waals surface area contributed by atoms with Crippen molar-refractivity contribution in [3.05, 3.63) is 52.1 Å². The van der Waals surface area contributed by atoms with Gasteiger partial charge in [-0.3, -0.25) is 10.1 Å². The molecule has 1 aliphatic carbocycles. The van der Waals surface area contributed by atoms with Crippen LogP contribution in [0.5, 0.6) is 23.0 Å². The van der Waals surface area contributed by atoms with Gasteiger partial charge in [-0.05, 0) is 37.0 Å². The molecule has 2 N–H and O–H groups in total. The number of ether oxygens (including phenoxy) is 2. The molecule has 4 bridgehead atoms. The summed E-state index contributed by atoms with van der Waals surface area (Å²) in [6.45, 7) is 2.67. The maximum absolute atomic E-state index is 11.0. The molecule has 31 heavy (non-hydrogen) atoms. The van der Waals surface area contributed by atoms with E-state index in [9.17, 15) is 20.3 Å². The van der Waals surface area contributed by atoms with Crippen molar-refractivity contribution in [2.75, 3.05) is 19.6 Å². The number of rotatable bonds is 5. The summed E-state index contributed by atoms with van der Waals surface area (Å²) in [6, 6.07) is 10.4. The molecule has 0 radical (unpaired) electrons. The molecule has 2 atom stereocenters. The Morgan fingerprint density at radius 2 is 1.65 bits per heavy atom. The van der Waals surface area contributed by atoms with Crippen molar-refractivity contribution >= 4 is 5.69 Å². The van der Waals surface area contributed by atoms with Crippen LogP contribution in [0.4, 0.5) is 5.69 Å². The molecule has 3 saturated heterocycles. The normalized spacial score (nSPS) is 30.5. The van der Waals surface area contributed by atoms with Crippen LogP contribution in [-0.4, -0.2) is 45.5 Å². The molecule has 160 valence electrons. The Hall–Kier alpha value is -3.51. The molecule has 3 heterocycles. The Labute approximate surface area is 178 Å². The molecular formula is C22H21N3O6. The molecule has 9 heteroatoms. The highest BCUT2D eigenvalue weighted by Crippen LogP contribution is 2.52. The van der Waals surface area contributed by atoms with Gasteiger partial charge in [0, 0.05) is 49.7 Å². The molecule has 2 aromatic carbocycles. The van der Waals surface area contributed by atoms with E-state index in [-0.39, 0.29) is 28.9 Å². The summed E-state index contributed by atoms with van der Waals surface area (Å²) in [5.41, 5.74) is -0.241. The summed E-state index contributed by atoms with van der Waals surface area (Å²) in [5, 5.41) is 40.3. The highest BCUT2D eigenvalue weighted by Gasteiger charge is 2.61. The van der Waals surface area contributed by atoms with Gasteiger partial charge in [0.05, 0.1) is 10.5 Å². The van der Waals surface area contributed by atoms with Gasteiger partial charge in [-0.25, -0.2) is 0 Å². The Kier molecular flexibility index (Phi) is 4.41. The van der Waals surface area contributed by atoms with Crippen LogP contribution in [0, 0.1) is 39.2 Å². The summed E-state index contributed by atoms with van der Waals surface area (Å²) in [6.07, 6.45) is 1.85. The lowest BCUT2D eigenvalue weighted by atomic mass is 9.64. The number of aromatic hydroxyl groups is 2. The quantitative estimate of drug-likeness (QED) is 0.427. The predicted molar refractivity (Wildman–Crippen MR) is 108 cm³/mol. The van der Waals surface area contributed by atoms with Gasteiger partial charge in [0.25, 0.3) is 5.79 Å². The number of hydrogen-bond donors (Lipinski definition) is 2. The molecular weight excluding hydrogens is 402 g/mol. The zero-order valence-corrected chi connectivity index (χ0v) is 16.6. The monoisotopic (exact) mass is 423 g/mol. The molecule has 2 unspecified atom stereocenters. The van der Waals surface area contributed by atoms with Crippen LogP contribution >= 0.6 is 0 Å². The van der Waals surface area contributed by atoms with Gasteiger partial charge in [-0.2, -0.15) is 5.26 Å². The van der Waals surface area contributed by atoms with E-state index in [2.05, 4.69) is 4.90 Å². The molecule has 0 amide bonds. The molecule has 4 aliphatic rings. The first-order valence-electron chi connectivity index (χ1n) is 10.2. The number of hydrogen-bond acceptors (Lipinski definition) is 8. The fourth-order valence-corrected chi connectivity index (χ4v) is 5.44. The average molecular weight is 423 g/mol. The number of nitro benzene ring substituents is 1. The van der Waals surface area contributed by atoms with Crippen molar-refractivity contribution < 1.29 is 24.6 Å². The SMILES string of the molecule is N#Cc1ccc(OC2(Oc3ccc([N+](=O)[O-])c(O)c3)C3CC4CC2CN(C4)C3)cc1O. The lowest BCUT2D eigenvalue weighted by Crippen LogP contribution is -2.71. The number of nitriles is 1. The fourth-order valence-electron chi connectivity index (χ4n) is 5.44. The zero-order chi connectivity index (χ0) is 21.8. The minimum absolute atomic E-state index is 0.0499. The second-order valence-electron chi connectivity index (χ2n) is 8.57. The first kappa shape index (κ1) is 19.5. The van der Waals surface area contributed by atoms with Crippen LogP contribution in [0.1, 0.15) is 18.4 Å². The third-order valence-electron chi connectivity index (χ3n) is 6.64. The van der Waals surface area contributed by atoms with Crippen LogP contribution in [0.15, 0.2) is 36.4 Å². The van der Waals surface area contributed by atoms with Gasteiger partial charge in [0.2, 0.25) is 0 Å². The molecule has 2 aromatic rings. The van der Waals surface area contributed by atoms with E-state index in [0.29, 0.717) is 11.7 Å². The first-order valence-corrected chi connectivity index (χ1v) is 10.2. The molecule has 4 fully saturated rings. The number of phenols is 2. The maximum atomic E-state index is 11.0. The Balaban J connectivity index is 1.53. The summed E-state index contributed by atoms with van der Waals surface area (Å²) in [7, 11) is 0. The van der Waals surface area contributed by atoms with Crippen molar-refractivity contribution in [3.63, 3.8) is 0 Å². The fraction of sp³-hybridized carbons (Fsp3) is 0.409. The second kappa shape index (κ2) is 7.03. The van der Waals surface area contributed by atoms with Gasteiger partial charge < -0.3 is 24.6 Å². The van der Waals surface area contributed by atoms with E-state index >= 15 is 0 Å². The summed E-state index contributed by atoms with van der Waals surface area (Å²) >= 11 is 0. The van der Waals surface area contributed by atoms with E-state index in [1.165, 1.54) is 30.3 Å². The third kappa shape index (κ3) is 3.20. The molecule has 3 aliphatic heterocycles. The van der Waals surface area contributed by atoms with Gasteiger partial charge in [0.1, 0.15) is 23.3 Å². The van der Waals surface area contributed by atoms with Gasteiger partial charge in [-0.1, -0.05) is 0 Å². The topological polar surface area (TPSA) is 129 Å². The van der Waals surface area contributed by atoms with Crippen molar-refractivity contribution in [2.24, 2.45) is 17.8 Å². The van der Waals surface area contributed by atoms with E-state index in [1.54, 1.807) is 6.07 Å². The number of nitrogens with zero attached hydrogens (tertiary/aromatic N) is 3. The molecule has 6 rings (SSSR count). The van der Waals surface area contributed by atoms with E-state index in [4.69, 9.17) is 14.7 Å². The van der Waals surface area contributed by atoms with Crippen molar-refractivity contribution in [3.8, 4) is 29.1 Å². The van der Waals surface area contributed by atoms with Crippen molar-refractivity contribution in [1.29, 1.82) is 5.26 Å². The summed E-state index contributed by atoms with van der Waals surface area (Å²) in [5.74, 6) is -0.359. The van der Waals surface area contributed by atoms with Gasteiger partial charge in [0.15, 0.2) is 5.75 Å². The minimum Gasteiger partial charge on any atom is -0.506 e. The molecule has 0 spiro atoms. The molecule has 0 aromatic heterocycles. The van der Waals surface area contributed by atoms with Crippen LogP contribution in [-0.2, 0) is 0 Å². The van der Waals surface area contributed by atoms with E-state index < -0.39 is 22.1 Å². The van der Waals surface area contributed by atoms with Crippen molar-refractivity contribution in [2.45, 2.75) is 18.6 Å². The van der Waals surface area contributed by atoms with Gasteiger partial charge >= 0.3 is 5.69 Å². The van der Waals surface area contributed by atoms with Gasteiger partial charge in [-0.15, -0.1) is 0 Å². The Morgan fingerprint density at radius 3 is 2.16 bits per heavy atom.